The molecule has 0 N–H and O–H groups in total. The molecule has 0 saturated carbocycles. The number of nitrogens with zero attached hydrogens (tertiary/aromatic N) is 2. The molecule has 0 aliphatic carbocycles. The van der Waals surface area contributed by atoms with E-state index in [1.807, 2.05) is 83.6 Å². The SMILES string of the molecule is CC(F)C(Cl)C=CCB(c1ccccc1)c1ccccc1.c1ccc(-n2ccnc2)cc1. The summed E-state index contributed by atoms with van der Waals surface area (Å²) in [5.74, 6) is 0. The van der Waals surface area contributed by atoms with Gasteiger partial charge in [0, 0.05) is 18.1 Å². The van der Waals surface area contributed by atoms with E-state index in [9.17, 15) is 4.39 Å². The third-order valence-corrected chi connectivity index (χ3v) is 5.59. The number of alkyl halides is 2. The number of hydrogen-bond acceptors (Lipinski definition) is 1. The lowest BCUT2D eigenvalue weighted by Crippen LogP contribution is -2.41. The first-order chi connectivity index (χ1) is 15.6. The second kappa shape index (κ2) is 12.7. The highest BCUT2D eigenvalue weighted by Gasteiger charge is 2.17. The number of benzene rings is 3. The first kappa shape index (κ1) is 23.6. The van der Waals surface area contributed by atoms with Crippen molar-refractivity contribution < 1.29 is 4.39 Å². The summed E-state index contributed by atoms with van der Waals surface area (Å²) in [6.07, 6.45) is 9.00. The predicted molar refractivity (Wildman–Crippen MR) is 136 cm³/mol. The number of rotatable bonds is 7. The Morgan fingerprint density at radius 3 is 1.91 bits per heavy atom. The van der Waals surface area contributed by atoms with Gasteiger partial charge in [0.2, 0.25) is 6.71 Å². The van der Waals surface area contributed by atoms with Gasteiger partial charge in [0.05, 0.1) is 11.7 Å². The number of aromatic nitrogens is 2. The van der Waals surface area contributed by atoms with Gasteiger partial charge < -0.3 is 4.57 Å². The zero-order valence-corrected chi connectivity index (χ0v) is 18.9. The van der Waals surface area contributed by atoms with Crippen LogP contribution in [0.3, 0.4) is 0 Å². The Balaban J connectivity index is 0.000000219. The third-order valence-electron chi connectivity index (χ3n) is 5.09. The third kappa shape index (κ3) is 7.24. The second-order valence-corrected chi connectivity index (χ2v) is 7.97. The zero-order chi connectivity index (χ0) is 22.6. The van der Waals surface area contributed by atoms with Gasteiger partial charge >= 0.3 is 0 Å². The number of hydrogen-bond donors (Lipinski definition) is 0. The Kier molecular flexibility index (Phi) is 9.33. The van der Waals surface area contributed by atoms with E-state index in [2.05, 4.69) is 29.2 Å². The van der Waals surface area contributed by atoms with E-state index < -0.39 is 11.5 Å². The van der Waals surface area contributed by atoms with Crippen LogP contribution >= 0.6 is 11.6 Å². The van der Waals surface area contributed by atoms with E-state index in [1.165, 1.54) is 17.8 Å². The fourth-order valence-electron chi connectivity index (χ4n) is 3.35. The molecule has 0 amide bonds. The molecule has 4 rings (SSSR count). The van der Waals surface area contributed by atoms with Gasteiger partial charge in [-0.25, -0.2) is 9.37 Å². The molecular weight excluding hydrogens is 418 g/mol. The zero-order valence-electron chi connectivity index (χ0n) is 18.1. The Bertz CT molecular complexity index is 999. The van der Waals surface area contributed by atoms with E-state index in [0.29, 0.717) is 0 Å². The van der Waals surface area contributed by atoms with Crippen LogP contribution in [0.25, 0.3) is 5.69 Å². The maximum absolute atomic E-state index is 13.1. The van der Waals surface area contributed by atoms with Crippen molar-refractivity contribution in [1.29, 1.82) is 0 Å². The smallest absolute Gasteiger partial charge is 0.213 e. The van der Waals surface area contributed by atoms with E-state index in [0.717, 1.165) is 12.0 Å². The van der Waals surface area contributed by atoms with Gasteiger partial charge in [0.25, 0.3) is 0 Å². The lowest BCUT2D eigenvalue weighted by molar-refractivity contribution is 0.369. The molecule has 2 nitrogen and oxygen atoms in total. The van der Waals surface area contributed by atoms with Gasteiger partial charge in [-0.05, 0) is 25.4 Å². The van der Waals surface area contributed by atoms with Crippen LogP contribution < -0.4 is 10.9 Å². The highest BCUT2D eigenvalue weighted by Crippen LogP contribution is 2.09. The van der Waals surface area contributed by atoms with Gasteiger partial charge in [-0.1, -0.05) is 102 Å². The van der Waals surface area contributed by atoms with Crippen molar-refractivity contribution in [2.24, 2.45) is 0 Å². The molecule has 0 bridgehead atoms. The molecule has 0 radical (unpaired) electrons. The lowest BCUT2D eigenvalue weighted by Gasteiger charge is -2.13. The Labute approximate surface area is 195 Å². The summed E-state index contributed by atoms with van der Waals surface area (Å²) in [4.78, 5) is 3.96. The van der Waals surface area contributed by atoms with Crippen LogP contribution in [0.5, 0.6) is 0 Å². The molecule has 0 fully saturated rings. The molecular formula is C27H27BClFN2. The predicted octanol–water partition coefficient (Wildman–Crippen LogP) is 5.69. The summed E-state index contributed by atoms with van der Waals surface area (Å²) < 4.78 is 15.1. The molecule has 2 unspecified atom stereocenters. The van der Waals surface area contributed by atoms with Gasteiger partial charge in [0.15, 0.2) is 0 Å². The molecule has 0 aliphatic heterocycles. The fourth-order valence-corrected chi connectivity index (χ4v) is 3.45. The van der Waals surface area contributed by atoms with Crippen LogP contribution in [0.15, 0.2) is 122 Å². The highest BCUT2D eigenvalue weighted by atomic mass is 35.5. The van der Waals surface area contributed by atoms with Crippen LogP contribution in [0.1, 0.15) is 6.92 Å². The van der Waals surface area contributed by atoms with Crippen LogP contribution in [0.2, 0.25) is 6.32 Å². The van der Waals surface area contributed by atoms with Crippen LogP contribution in [0, 0.1) is 0 Å². The molecule has 1 heterocycles. The maximum atomic E-state index is 13.1. The monoisotopic (exact) mass is 444 g/mol. The van der Waals surface area contributed by atoms with Crippen molar-refractivity contribution in [3.05, 3.63) is 122 Å². The number of imidazole rings is 1. The fraction of sp³-hybridized carbons (Fsp3) is 0.148. The molecule has 0 saturated heterocycles. The summed E-state index contributed by atoms with van der Waals surface area (Å²) in [5, 5.41) is -0.558. The number of para-hydroxylation sites is 1. The van der Waals surface area contributed by atoms with Gasteiger partial charge in [0.1, 0.15) is 6.17 Å². The topological polar surface area (TPSA) is 17.8 Å². The summed E-state index contributed by atoms with van der Waals surface area (Å²) in [6, 6.07) is 30.8. The van der Waals surface area contributed by atoms with Crippen molar-refractivity contribution in [3.63, 3.8) is 0 Å². The first-order valence-corrected chi connectivity index (χ1v) is 11.2. The number of halogens is 2. The molecule has 0 aliphatic rings. The Morgan fingerprint density at radius 2 is 1.44 bits per heavy atom. The average Bonchev–Trinajstić information content (AvgIpc) is 3.39. The normalized spacial score (nSPS) is 12.6. The second-order valence-electron chi connectivity index (χ2n) is 7.47. The quantitative estimate of drug-likeness (QED) is 0.203. The molecule has 32 heavy (non-hydrogen) atoms. The van der Waals surface area contributed by atoms with Gasteiger partial charge in [-0.3, -0.25) is 0 Å². The standard InChI is InChI=1S/C18H19BClF.C9H8N2/c1-15(21)18(20)13-8-14-19(16-9-4-2-5-10-16)17-11-6-3-7-12-17;1-2-4-9(5-3-1)11-7-6-10-8-11/h2-13,15,18H,14H2,1H3;1-8H. The average molecular weight is 445 g/mol. The van der Waals surface area contributed by atoms with E-state index in [1.54, 1.807) is 18.6 Å². The Hall–Kier alpha value is -3.11. The van der Waals surface area contributed by atoms with Crippen LogP contribution in [-0.2, 0) is 0 Å². The van der Waals surface area contributed by atoms with E-state index >= 15 is 0 Å². The summed E-state index contributed by atoms with van der Waals surface area (Å²) in [5.41, 5.74) is 3.66. The largest absolute Gasteiger partial charge is 0.306 e. The minimum atomic E-state index is -1.03. The van der Waals surface area contributed by atoms with E-state index in [4.69, 9.17) is 11.6 Å². The molecule has 5 heteroatoms. The van der Waals surface area contributed by atoms with Crippen LogP contribution in [-0.4, -0.2) is 27.8 Å². The summed E-state index contributed by atoms with van der Waals surface area (Å²) in [7, 11) is 0. The van der Waals surface area contributed by atoms with Gasteiger partial charge in [-0.2, -0.15) is 0 Å². The molecule has 0 spiro atoms. The molecule has 4 aromatic rings. The first-order valence-electron chi connectivity index (χ1n) is 10.7. The van der Waals surface area contributed by atoms with Crippen molar-refractivity contribution in [3.8, 4) is 5.69 Å². The molecule has 1 aromatic heterocycles. The maximum Gasteiger partial charge on any atom is 0.213 e. The van der Waals surface area contributed by atoms with Crippen molar-refractivity contribution in [2.45, 2.75) is 24.8 Å². The molecule has 2 atom stereocenters. The van der Waals surface area contributed by atoms with Crippen molar-refractivity contribution in [2.75, 3.05) is 0 Å². The minimum absolute atomic E-state index is 0.266. The summed E-state index contributed by atoms with van der Waals surface area (Å²) >= 11 is 5.93. The lowest BCUT2D eigenvalue weighted by atomic mass is 9.39. The van der Waals surface area contributed by atoms with Gasteiger partial charge in [-0.15, -0.1) is 11.6 Å². The number of allylic oxidation sites excluding steroid dienone is 2. The van der Waals surface area contributed by atoms with E-state index in [-0.39, 0.29) is 6.71 Å². The highest BCUT2D eigenvalue weighted by molar-refractivity contribution is 6.85. The van der Waals surface area contributed by atoms with Crippen LogP contribution in [0.4, 0.5) is 4.39 Å². The minimum Gasteiger partial charge on any atom is -0.306 e. The Morgan fingerprint density at radius 1 is 0.906 bits per heavy atom. The molecule has 162 valence electrons. The van der Waals surface area contributed by atoms with Crippen molar-refractivity contribution in [1.82, 2.24) is 9.55 Å². The van der Waals surface area contributed by atoms with Crippen molar-refractivity contribution >= 4 is 29.2 Å². The molecule has 3 aromatic carbocycles. The summed E-state index contributed by atoms with van der Waals surface area (Å²) in [6.45, 7) is 1.75.